The maximum absolute atomic E-state index is 13.0. The highest BCUT2D eigenvalue weighted by atomic mass is 19.4. The summed E-state index contributed by atoms with van der Waals surface area (Å²) in [6, 6.07) is 4.26. The Bertz CT molecular complexity index is 629. The molecule has 1 N–H and O–H groups in total. The van der Waals surface area contributed by atoms with Crippen molar-refractivity contribution >= 4 is 11.8 Å². The van der Waals surface area contributed by atoms with Crippen LogP contribution in [-0.2, 0) is 15.8 Å². The number of hydrogen-bond acceptors (Lipinski definition) is 2. The molecule has 0 unspecified atom stereocenters. The Hall–Kier alpha value is -2.05. The van der Waals surface area contributed by atoms with Gasteiger partial charge in [-0.1, -0.05) is 26.0 Å². The van der Waals surface area contributed by atoms with Crippen LogP contribution in [0.2, 0.25) is 0 Å². The Balaban J connectivity index is 2.23. The fraction of sp³-hybridized carbons (Fsp3) is 0.556. The second kappa shape index (κ2) is 7.89. The van der Waals surface area contributed by atoms with Crippen LogP contribution in [0.15, 0.2) is 24.3 Å². The quantitative estimate of drug-likeness (QED) is 0.848. The van der Waals surface area contributed by atoms with E-state index in [-0.39, 0.29) is 30.7 Å². The lowest BCUT2D eigenvalue weighted by Gasteiger charge is -2.26. The first-order valence-electron chi connectivity index (χ1n) is 8.41. The summed E-state index contributed by atoms with van der Waals surface area (Å²) in [5.74, 6) is -0.130. The lowest BCUT2D eigenvalue weighted by atomic mass is 10.0. The molecule has 0 radical (unpaired) electrons. The Morgan fingerprint density at radius 3 is 2.60 bits per heavy atom. The molecule has 1 aromatic rings. The Kier molecular flexibility index (Phi) is 6.08. The minimum atomic E-state index is -4.45. The zero-order valence-corrected chi connectivity index (χ0v) is 14.4. The molecule has 1 aliphatic heterocycles. The van der Waals surface area contributed by atoms with Gasteiger partial charge in [0.2, 0.25) is 11.8 Å². The van der Waals surface area contributed by atoms with Crippen LogP contribution in [0.25, 0.3) is 0 Å². The number of hydrogen-bond donors (Lipinski definition) is 1. The van der Waals surface area contributed by atoms with Gasteiger partial charge in [0, 0.05) is 25.9 Å². The van der Waals surface area contributed by atoms with Crippen LogP contribution in [0.5, 0.6) is 0 Å². The lowest BCUT2D eigenvalue weighted by molar-refractivity contribution is -0.137. The first-order valence-corrected chi connectivity index (χ1v) is 8.41. The maximum atomic E-state index is 13.0. The number of alkyl halides is 3. The fourth-order valence-electron chi connectivity index (χ4n) is 2.91. The van der Waals surface area contributed by atoms with E-state index in [1.165, 1.54) is 6.07 Å². The molecule has 1 aliphatic rings. The number of rotatable bonds is 6. The second-order valence-corrected chi connectivity index (χ2v) is 6.78. The van der Waals surface area contributed by atoms with E-state index in [0.29, 0.717) is 18.5 Å². The van der Waals surface area contributed by atoms with Crippen LogP contribution in [-0.4, -0.2) is 29.8 Å². The molecule has 0 aliphatic carbocycles. The molecule has 2 rings (SSSR count). The smallest absolute Gasteiger partial charge is 0.347 e. The Morgan fingerprint density at radius 2 is 2.04 bits per heavy atom. The predicted molar refractivity (Wildman–Crippen MR) is 87.6 cm³/mol. The van der Waals surface area contributed by atoms with Gasteiger partial charge in [-0.2, -0.15) is 13.2 Å². The van der Waals surface area contributed by atoms with Crippen molar-refractivity contribution in [3.05, 3.63) is 35.4 Å². The van der Waals surface area contributed by atoms with E-state index in [1.54, 1.807) is 11.0 Å². The number of halogens is 3. The molecule has 7 heteroatoms. The van der Waals surface area contributed by atoms with Crippen molar-refractivity contribution in [3.8, 4) is 0 Å². The van der Waals surface area contributed by atoms with Crippen LogP contribution in [0, 0.1) is 5.92 Å². The van der Waals surface area contributed by atoms with Crippen LogP contribution < -0.4 is 5.32 Å². The van der Waals surface area contributed by atoms with Gasteiger partial charge in [0.1, 0.15) is 0 Å². The lowest BCUT2D eigenvalue weighted by Crippen LogP contribution is -2.39. The standard InChI is InChI=1S/C18H23F3N2O2/c1-12(2)9-16(24)22-15(11-23-8-4-7-17(23)25)13-5-3-6-14(10-13)18(19,20)21/h3,5-6,10,12,15H,4,7-9,11H2,1-2H3,(H,22,24)/t15-/m1/s1. The normalized spacial score (nSPS) is 16.4. The molecule has 138 valence electrons. The highest BCUT2D eigenvalue weighted by Gasteiger charge is 2.32. The third kappa shape index (κ3) is 5.47. The molecule has 1 heterocycles. The predicted octanol–water partition coefficient (Wildman–Crippen LogP) is 3.53. The summed E-state index contributed by atoms with van der Waals surface area (Å²) in [7, 11) is 0. The topological polar surface area (TPSA) is 49.4 Å². The summed E-state index contributed by atoms with van der Waals surface area (Å²) in [5.41, 5.74) is -0.410. The van der Waals surface area contributed by atoms with Crippen LogP contribution in [0.3, 0.4) is 0 Å². The number of benzene rings is 1. The summed E-state index contributed by atoms with van der Waals surface area (Å²) < 4.78 is 38.9. The van der Waals surface area contributed by atoms with Crippen molar-refractivity contribution in [1.82, 2.24) is 10.2 Å². The first-order chi connectivity index (χ1) is 11.7. The van der Waals surface area contributed by atoms with Gasteiger partial charge in [-0.05, 0) is 30.0 Å². The number of amides is 2. The van der Waals surface area contributed by atoms with Crippen molar-refractivity contribution in [1.29, 1.82) is 0 Å². The monoisotopic (exact) mass is 356 g/mol. The average molecular weight is 356 g/mol. The van der Waals surface area contributed by atoms with Crippen LogP contribution in [0.1, 0.15) is 50.3 Å². The molecule has 4 nitrogen and oxygen atoms in total. The number of nitrogens with one attached hydrogen (secondary N) is 1. The fourth-order valence-corrected chi connectivity index (χ4v) is 2.91. The van der Waals surface area contributed by atoms with E-state index in [4.69, 9.17) is 0 Å². The summed E-state index contributed by atoms with van der Waals surface area (Å²) >= 11 is 0. The number of nitrogens with zero attached hydrogens (tertiary/aromatic N) is 1. The minimum Gasteiger partial charge on any atom is -0.347 e. The van der Waals surface area contributed by atoms with Crippen LogP contribution in [0.4, 0.5) is 13.2 Å². The molecule has 1 atom stereocenters. The van der Waals surface area contributed by atoms with Crippen molar-refractivity contribution in [3.63, 3.8) is 0 Å². The molecule has 1 aromatic carbocycles. The molecular weight excluding hydrogens is 333 g/mol. The summed E-state index contributed by atoms with van der Waals surface area (Å²) in [5, 5.41) is 2.79. The Labute approximate surface area is 145 Å². The maximum Gasteiger partial charge on any atom is 0.416 e. The third-order valence-corrected chi connectivity index (χ3v) is 4.12. The third-order valence-electron chi connectivity index (χ3n) is 4.12. The largest absolute Gasteiger partial charge is 0.416 e. The van der Waals surface area contributed by atoms with E-state index in [1.807, 2.05) is 13.8 Å². The number of likely N-dealkylation sites (tertiary alicyclic amines) is 1. The zero-order valence-electron chi connectivity index (χ0n) is 14.4. The van der Waals surface area contributed by atoms with Crippen molar-refractivity contribution in [2.45, 2.75) is 45.3 Å². The molecular formula is C18H23F3N2O2. The molecule has 0 spiro atoms. The second-order valence-electron chi connectivity index (χ2n) is 6.78. The van der Waals surface area contributed by atoms with Gasteiger partial charge in [0.05, 0.1) is 11.6 Å². The van der Waals surface area contributed by atoms with E-state index >= 15 is 0 Å². The van der Waals surface area contributed by atoms with Gasteiger partial charge in [0.15, 0.2) is 0 Å². The average Bonchev–Trinajstić information content (AvgIpc) is 2.90. The van der Waals surface area contributed by atoms with Crippen molar-refractivity contribution in [2.24, 2.45) is 5.92 Å². The van der Waals surface area contributed by atoms with E-state index in [0.717, 1.165) is 18.6 Å². The van der Waals surface area contributed by atoms with E-state index < -0.39 is 17.8 Å². The number of carbonyl (C=O) groups excluding carboxylic acids is 2. The molecule has 0 saturated carbocycles. The van der Waals surface area contributed by atoms with Gasteiger partial charge in [-0.3, -0.25) is 9.59 Å². The molecule has 0 bridgehead atoms. The molecule has 1 fully saturated rings. The molecule has 0 aromatic heterocycles. The highest BCUT2D eigenvalue weighted by Crippen LogP contribution is 2.31. The van der Waals surface area contributed by atoms with Gasteiger partial charge in [0.25, 0.3) is 0 Å². The van der Waals surface area contributed by atoms with E-state index in [9.17, 15) is 22.8 Å². The number of carbonyl (C=O) groups is 2. The van der Waals surface area contributed by atoms with Gasteiger partial charge in [-0.15, -0.1) is 0 Å². The van der Waals surface area contributed by atoms with Crippen LogP contribution >= 0.6 is 0 Å². The summed E-state index contributed by atoms with van der Waals surface area (Å²) in [6.45, 7) is 4.53. The zero-order chi connectivity index (χ0) is 18.6. The van der Waals surface area contributed by atoms with Crippen molar-refractivity contribution < 1.29 is 22.8 Å². The summed E-state index contributed by atoms with van der Waals surface area (Å²) in [4.78, 5) is 25.6. The minimum absolute atomic E-state index is 0.0323. The Morgan fingerprint density at radius 1 is 1.32 bits per heavy atom. The first kappa shape index (κ1) is 19.3. The molecule has 25 heavy (non-hydrogen) atoms. The van der Waals surface area contributed by atoms with Gasteiger partial charge in [-0.25, -0.2) is 0 Å². The van der Waals surface area contributed by atoms with E-state index in [2.05, 4.69) is 5.32 Å². The molecule has 1 saturated heterocycles. The SMILES string of the molecule is CC(C)CC(=O)N[C@H](CN1CCCC1=O)c1cccc(C(F)(F)F)c1. The van der Waals surface area contributed by atoms with Crippen molar-refractivity contribution in [2.75, 3.05) is 13.1 Å². The van der Waals surface area contributed by atoms with Gasteiger partial charge < -0.3 is 10.2 Å². The van der Waals surface area contributed by atoms with Gasteiger partial charge >= 0.3 is 6.18 Å². The highest BCUT2D eigenvalue weighted by molar-refractivity contribution is 5.79. The molecule has 2 amide bonds. The summed E-state index contributed by atoms with van der Waals surface area (Å²) in [6.07, 6.45) is -3.00.